The van der Waals surface area contributed by atoms with Crippen molar-refractivity contribution in [3.63, 3.8) is 0 Å². The molecule has 0 bridgehead atoms. The molecule has 0 atom stereocenters. The third-order valence-electron chi connectivity index (χ3n) is 2.73. The summed E-state index contributed by atoms with van der Waals surface area (Å²) >= 11 is 3.55. The fraction of sp³-hybridized carbons (Fsp3) is 0.533. The lowest BCUT2D eigenvalue weighted by Crippen LogP contribution is -2.41. The average Bonchev–Trinajstić information content (AvgIpc) is 2.45. The Morgan fingerprint density at radius 2 is 1.82 bits per heavy atom. The first kappa shape index (κ1) is 21.3. The SMILES string of the molecule is CCNC(=NCc1cc(OC)c(OC)cc1Br)NC(C)C.I. The van der Waals surface area contributed by atoms with E-state index in [9.17, 15) is 0 Å². The van der Waals surface area contributed by atoms with Gasteiger partial charge in [-0.1, -0.05) is 15.9 Å². The molecule has 0 aliphatic heterocycles. The summed E-state index contributed by atoms with van der Waals surface area (Å²) in [4.78, 5) is 4.58. The average molecular weight is 486 g/mol. The minimum Gasteiger partial charge on any atom is -0.493 e. The Labute approximate surface area is 158 Å². The van der Waals surface area contributed by atoms with Crippen molar-refractivity contribution in [2.45, 2.75) is 33.4 Å². The topological polar surface area (TPSA) is 54.9 Å². The van der Waals surface area contributed by atoms with Gasteiger partial charge in [-0.25, -0.2) is 4.99 Å². The molecule has 22 heavy (non-hydrogen) atoms. The maximum atomic E-state index is 5.33. The highest BCUT2D eigenvalue weighted by Gasteiger charge is 2.09. The van der Waals surface area contributed by atoms with Crippen LogP contribution in [0, 0.1) is 0 Å². The van der Waals surface area contributed by atoms with E-state index in [0.717, 1.165) is 22.5 Å². The lowest BCUT2D eigenvalue weighted by molar-refractivity contribution is 0.354. The van der Waals surface area contributed by atoms with E-state index < -0.39 is 0 Å². The molecule has 2 N–H and O–H groups in total. The number of rotatable bonds is 6. The van der Waals surface area contributed by atoms with Crippen LogP contribution in [0.4, 0.5) is 0 Å². The van der Waals surface area contributed by atoms with Crippen LogP contribution in [0.5, 0.6) is 11.5 Å². The quantitative estimate of drug-likeness (QED) is 0.367. The van der Waals surface area contributed by atoms with Crippen LogP contribution in [0.2, 0.25) is 0 Å². The molecule has 0 heterocycles. The van der Waals surface area contributed by atoms with Gasteiger partial charge in [0.05, 0.1) is 20.8 Å². The molecule has 0 unspecified atom stereocenters. The summed E-state index contributed by atoms with van der Waals surface area (Å²) in [7, 11) is 3.25. The summed E-state index contributed by atoms with van der Waals surface area (Å²) in [5.74, 6) is 2.20. The molecule has 0 aromatic heterocycles. The first-order valence-electron chi connectivity index (χ1n) is 6.97. The first-order chi connectivity index (χ1) is 10.0. The number of benzene rings is 1. The number of hydrogen-bond acceptors (Lipinski definition) is 3. The molecule has 0 radical (unpaired) electrons. The van der Waals surface area contributed by atoms with Gasteiger partial charge in [0.1, 0.15) is 0 Å². The number of hydrogen-bond donors (Lipinski definition) is 2. The number of halogens is 2. The van der Waals surface area contributed by atoms with E-state index in [4.69, 9.17) is 9.47 Å². The van der Waals surface area contributed by atoms with Crippen molar-refractivity contribution in [3.8, 4) is 11.5 Å². The van der Waals surface area contributed by atoms with E-state index in [1.165, 1.54) is 0 Å². The van der Waals surface area contributed by atoms with Crippen molar-refractivity contribution in [3.05, 3.63) is 22.2 Å². The molecule has 0 spiro atoms. The van der Waals surface area contributed by atoms with Gasteiger partial charge in [0.15, 0.2) is 17.5 Å². The van der Waals surface area contributed by atoms with E-state index in [-0.39, 0.29) is 24.0 Å². The fourth-order valence-electron chi connectivity index (χ4n) is 1.78. The van der Waals surface area contributed by atoms with Crippen LogP contribution in [0.1, 0.15) is 26.3 Å². The highest BCUT2D eigenvalue weighted by molar-refractivity contribution is 14.0. The van der Waals surface area contributed by atoms with Gasteiger partial charge in [-0.3, -0.25) is 0 Å². The molecule has 1 rings (SSSR count). The van der Waals surface area contributed by atoms with E-state index in [0.29, 0.717) is 24.1 Å². The predicted molar refractivity (Wildman–Crippen MR) is 106 cm³/mol. The zero-order chi connectivity index (χ0) is 15.8. The summed E-state index contributed by atoms with van der Waals surface area (Å²) in [6.07, 6.45) is 0. The number of guanidine groups is 1. The van der Waals surface area contributed by atoms with E-state index in [2.05, 4.69) is 45.4 Å². The largest absolute Gasteiger partial charge is 0.493 e. The molecule has 1 aromatic rings. The van der Waals surface area contributed by atoms with Crippen LogP contribution in [0.3, 0.4) is 0 Å². The monoisotopic (exact) mass is 485 g/mol. The maximum Gasteiger partial charge on any atom is 0.191 e. The molecular weight excluding hydrogens is 461 g/mol. The minimum absolute atomic E-state index is 0. The predicted octanol–water partition coefficient (Wildman–Crippen LogP) is 3.55. The highest BCUT2D eigenvalue weighted by atomic mass is 127. The number of nitrogens with zero attached hydrogens (tertiary/aromatic N) is 1. The molecule has 0 saturated heterocycles. The molecule has 7 heteroatoms. The van der Waals surface area contributed by atoms with Crippen molar-refractivity contribution in [1.29, 1.82) is 0 Å². The minimum atomic E-state index is 0. The summed E-state index contributed by atoms with van der Waals surface area (Å²) in [5, 5.41) is 6.51. The molecule has 5 nitrogen and oxygen atoms in total. The number of ether oxygens (including phenoxy) is 2. The van der Waals surface area contributed by atoms with E-state index in [1.807, 2.05) is 19.1 Å². The molecule has 0 aliphatic rings. The number of methoxy groups -OCH3 is 2. The number of aliphatic imine (C=N–C) groups is 1. The normalized spacial score (nSPS) is 11.0. The van der Waals surface area contributed by atoms with Crippen molar-refractivity contribution in [1.82, 2.24) is 10.6 Å². The Morgan fingerprint density at radius 1 is 1.23 bits per heavy atom. The third kappa shape index (κ3) is 6.60. The summed E-state index contributed by atoms with van der Waals surface area (Å²) in [5.41, 5.74) is 1.04. The van der Waals surface area contributed by atoms with Gasteiger partial charge < -0.3 is 20.1 Å². The molecule has 1 aromatic carbocycles. The molecular formula is C15H25BrIN3O2. The Kier molecular flexibility index (Phi) is 10.6. The van der Waals surface area contributed by atoms with Crippen molar-refractivity contribution in [2.75, 3.05) is 20.8 Å². The fourth-order valence-corrected chi connectivity index (χ4v) is 2.22. The van der Waals surface area contributed by atoms with Gasteiger partial charge in [0.25, 0.3) is 0 Å². The van der Waals surface area contributed by atoms with Crippen molar-refractivity contribution >= 4 is 45.9 Å². The Hall–Kier alpha value is -0.700. The van der Waals surface area contributed by atoms with E-state index >= 15 is 0 Å². The second-order valence-corrected chi connectivity index (χ2v) is 5.65. The Bertz CT molecular complexity index is 496. The van der Waals surface area contributed by atoms with E-state index in [1.54, 1.807) is 14.2 Å². The van der Waals surface area contributed by atoms with Gasteiger partial charge in [0, 0.05) is 17.1 Å². The smallest absolute Gasteiger partial charge is 0.191 e. The molecule has 126 valence electrons. The van der Waals surface area contributed by atoms with Crippen LogP contribution >= 0.6 is 39.9 Å². The molecule has 0 fully saturated rings. The summed E-state index contributed by atoms with van der Waals surface area (Å²) in [6.45, 7) is 7.58. The zero-order valence-corrected chi connectivity index (χ0v) is 17.6. The third-order valence-corrected chi connectivity index (χ3v) is 3.47. The lowest BCUT2D eigenvalue weighted by Gasteiger charge is -2.15. The molecule has 0 aliphatic carbocycles. The van der Waals surface area contributed by atoms with Crippen LogP contribution in [-0.4, -0.2) is 32.8 Å². The van der Waals surface area contributed by atoms with Crippen LogP contribution in [0.25, 0.3) is 0 Å². The van der Waals surface area contributed by atoms with Gasteiger partial charge >= 0.3 is 0 Å². The van der Waals surface area contributed by atoms with Crippen LogP contribution in [-0.2, 0) is 6.54 Å². The Balaban J connectivity index is 0.00000441. The van der Waals surface area contributed by atoms with Gasteiger partial charge in [-0.05, 0) is 38.5 Å². The maximum absolute atomic E-state index is 5.33. The number of nitrogens with one attached hydrogen (secondary N) is 2. The second kappa shape index (κ2) is 10.9. The van der Waals surface area contributed by atoms with Crippen molar-refractivity contribution in [2.24, 2.45) is 4.99 Å². The summed E-state index contributed by atoms with van der Waals surface area (Å²) < 4.78 is 11.5. The van der Waals surface area contributed by atoms with Crippen LogP contribution < -0.4 is 20.1 Å². The lowest BCUT2D eigenvalue weighted by atomic mass is 10.2. The Morgan fingerprint density at radius 3 is 2.32 bits per heavy atom. The molecule has 0 amide bonds. The highest BCUT2D eigenvalue weighted by Crippen LogP contribution is 2.33. The van der Waals surface area contributed by atoms with Crippen molar-refractivity contribution < 1.29 is 9.47 Å². The van der Waals surface area contributed by atoms with Crippen LogP contribution in [0.15, 0.2) is 21.6 Å². The standard InChI is InChI=1S/C15H24BrN3O2.HI/c1-6-17-15(19-10(2)3)18-9-11-7-13(20-4)14(21-5)8-12(11)16;/h7-8,10H,6,9H2,1-5H3,(H2,17,18,19);1H. The summed E-state index contributed by atoms with van der Waals surface area (Å²) in [6, 6.07) is 4.16. The van der Waals surface area contributed by atoms with Gasteiger partial charge in [-0.15, -0.1) is 24.0 Å². The molecule has 0 saturated carbocycles. The van der Waals surface area contributed by atoms with Gasteiger partial charge in [0.2, 0.25) is 0 Å². The van der Waals surface area contributed by atoms with Gasteiger partial charge in [-0.2, -0.15) is 0 Å². The first-order valence-corrected chi connectivity index (χ1v) is 7.76. The second-order valence-electron chi connectivity index (χ2n) is 4.79. The zero-order valence-electron chi connectivity index (χ0n) is 13.7.